The number of amides is 2. The Morgan fingerprint density at radius 2 is 1.71 bits per heavy atom. The highest BCUT2D eigenvalue weighted by Crippen LogP contribution is 2.34. The molecule has 0 aliphatic carbocycles. The second kappa shape index (κ2) is 9.61. The van der Waals surface area contributed by atoms with Gasteiger partial charge in [-0.05, 0) is 62.0 Å². The molecule has 0 radical (unpaired) electrons. The molecule has 0 aromatic heterocycles. The monoisotopic (exact) mass is 439 g/mol. The number of rotatable bonds is 7. The van der Waals surface area contributed by atoms with Gasteiger partial charge in [0.1, 0.15) is 17.1 Å². The van der Waals surface area contributed by atoms with Crippen LogP contribution < -0.4 is 24.6 Å². The lowest BCUT2D eigenvalue weighted by atomic mass is 10.1. The van der Waals surface area contributed by atoms with E-state index in [1.165, 1.54) is 19.1 Å². The summed E-state index contributed by atoms with van der Waals surface area (Å²) in [6.07, 6.45) is 1.56. The number of nitrogens with zero attached hydrogens (tertiary/aromatic N) is 2. The summed E-state index contributed by atoms with van der Waals surface area (Å²) in [5.74, 6) is -0.0882. The summed E-state index contributed by atoms with van der Waals surface area (Å²) in [5.41, 5.74) is 2.23. The highest BCUT2D eigenvalue weighted by Gasteiger charge is 2.36. The molecular formula is C23H25N3O4S. The summed E-state index contributed by atoms with van der Waals surface area (Å²) in [4.78, 5) is 29.3. The van der Waals surface area contributed by atoms with E-state index >= 15 is 0 Å². The van der Waals surface area contributed by atoms with Gasteiger partial charge in [-0.25, -0.2) is 4.90 Å². The van der Waals surface area contributed by atoms with Crippen LogP contribution in [0.2, 0.25) is 0 Å². The van der Waals surface area contributed by atoms with Crippen LogP contribution in [0.25, 0.3) is 6.08 Å². The predicted octanol–water partition coefficient (Wildman–Crippen LogP) is 3.38. The molecule has 1 N–H and O–H groups in total. The third-order valence-electron chi connectivity index (χ3n) is 5.06. The van der Waals surface area contributed by atoms with Gasteiger partial charge in [0.15, 0.2) is 5.11 Å². The Kier molecular flexibility index (Phi) is 6.91. The molecule has 1 saturated heterocycles. The number of hydrogen-bond donors (Lipinski definition) is 1. The molecule has 1 fully saturated rings. The van der Waals surface area contributed by atoms with Crippen molar-refractivity contribution in [1.29, 1.82) is 0 Å². The van der Waals surface area contributed by atoms with Crippen LogP contribution in [0.5, 0.6) is 11.5 Å². The number of ether oxygens (including phenoxy) is 2. The van der Waals surface area contributed by atoms with Gasteiger partial charge in [0, 0.05) is 24.8 Å². The Morgan fingerprint density at radius 3 is 2.29 bits per heavy atom. The quantitative estimate of drug-likeness (QED) is 0.405. The van der Waals surface area contributed by atoms with Crippen LogP contribution in [0, 0.1) is 0 Å². The third-order valence-corrected chi connectivity index (χ3v) is 5.35. The van der Waals surface area contributed by atoms with Crippen LogP contribution in [-0.2, 0) is 9.59 Å². The van der Waals surface area contributed by atoms with Crippen molar-refractivity contribution >= 4 is 46.6 Å². The summed E-state index contributed by atoms with van der Waals surface area (Å²) in [6.45, 7) is 5.98. The van der Waals surface area contributed by atoms with Gasteiger partial charge < -0.3 is 14.4 Å². The molecule has 31 heavy (non-hydrogen) atoms. The fraction of sp³-hybridized carbons (Fsp3) is 0.261. The van der Waals surface area contributed by atoms with Crippen LogP contribution in [-0.4, -0.2) is 44.2 Å². The second-order valence-electron chi connectivity index (χ2n) is 6.76. The third kappa shape index (κ3) is 4.54. The molecule has 2 aromatic rings. The molecule has 1 heterocycles. The van der Waals surface area contributed by atoms with Crippen molar-refractivity contribution in [2.24, 2.45) is 0 Å². The molecule has 0 saturated carbocycles. The van der Waals surface area contributed by atoms with Crippen molar-refractivity contribution in [3.63, 3.8) is 0 Å². The molecule has 0 spiro atoms. The number of benzene rings is 2. The average Bonchev–Trinajstić information content (AvgIpc) is 2.78. The zero-order valence-corrected chi connectivity index (χ0v) is 18.8. The minimum Gasteiger partial charge on any atom is -0.497 e. The van der Waals surface area contributed by atoms with Gasteiger partial charge in [-0.1, -0.05) is 12.1 Å². The number of hydrogen-bond acceptors (Lipinski definition) is 6. The molecule has 8 heteroatoms. The number of carbonyl (C=O) groups excluding carboxylic acids is 2. The van der Waals surface area contributed by atoms with Gasteiger partial charge in [-0.15, -0.1) is 0 Å². The fourth-order valence-electron chi connectivity index (χ4n) is 3.38. The first-order valence-electron chi connectivity index (χ1n) is 9.91. The van der Waals surface area contributed by atoms with Crippen molar-refractivity contribution in [1.82, 2.24) is 5.32 Å². The summed E-state index contributed by atoms with van der Waals surface area (Å²) in [6, 6.07) is 12.7. The Morgan fingerprint density at radius 1 is 1.03 bits per heavy atom. The number of anilines is 2. The first-order valence-corrected chi connectivity index (χ1v) is 10.3. The number of nitrogens with one attached hydrogen (secondary N) is 1. The Bertz CT molecular complexity index is 1030. The Hall–Kier alpha value is -3.39. The van der Waals surface area contributed by atoms with Gasteiger partial charge >= 0.3 is 0 Å². The zero-order chi connectivity index (χ0) is 22.5. The smallest absolute Gasteiger partial charge is 0.270 e. The standard InChI is InChI=1S/C23H25N3O4S/c1-5-25(6-2)16-9-7-15(8-10-16)13-18-21(27)24-23(31)26(22(18)28)19-12-11-17(29-3)14-20(19)30-4/h7-14H,5-6H2,1-4H3,(H,24,27,31)/b18-13-. The molecule has 0 atom stereocenters. The molecular weight excluding hydrogens is 414 g/mol. The van der Waals surface area contributed by atoms with Crippen LogP contribution in [0.4, 0.5) is 11.4 Å². The van der Waals surface area contributed by atoms with Crippen molar-refractivity contribution in [3.8, 4) is 11.5 Å². The van der Waals surface area contributed by atoms with Gasteiger partial charge in [0.05, 0.1) is 19.9 Å². The van der Waals surface area contributed by atoms with Crippen LogP contribution in [0.15, 0.2) is 48.0 Å². The van der Waals surface area contributed by atoms with E-state index in [1.54, 1.807) is 24.3 Å². The lowest BCUT2D eigenvalue weighted by Crippen LogP contribution is -2.54. The van der Waals surface area contributed by atoms with Crippen molar-refractivity contribution in [3.05, 3.63) is 53.6 Å². The predicted molar refractivity (Wildman–Crippen MR) is 126 cm³/mol. The minimum absolute atomic E-state index is 0.00695. The molecule has 162 valence electrons. The first-order chi connectivity index (χ1) is 14.9. The van der Waals surface area contributed by atoms with Gasteiger partial charge in [0.2, 0.25) is 0 Å². The van der Waals surface area contributed by atoms with Gasteiger partial charge in [-0.3, -0.25) is 14.9 Å². The topological polar surface area (TPSA) is 71.1 Å². The van der Waals surface area contributed by atoms with E-state index in [0.717, 1.165) is 24.3 Å². The van der Waals surface area contributed by atoms with E-state index in [4.69, 9.17) is 21.7 Å². The molecule has 1 aliphatic rings. The first kappa shape index (κ1) is 22.3. The molecule has 0 unspecified atom stereocenters. The van der Waals surface area contributed by atoms with Gasteiger partial charge in [0.25, 0.3) is 11.8 Å². The summed E-state index contributed by atoms with van der Waals surface area (Å²) < 4.78 is 10.6. The van der Waals surface area contributed by atoms with Crippen LogP contribution in [0.3, 0.4) is 0 Å². The second-order valence-corrected chi connectivity index (χ2v) is 7.15. The van der Waals surface area contributed by atoms with Crippen molar-refractivity contribution in [2.45, 2.75) is 13.8 Å². The molecule has 3 rings (SSSR count). The summed E-state index contributed by atoms with van der Waals surface area (Å²) in [5, 5.41) is 2.58. The number of methoxy groups -OCH3 is 2. The number of thiocarbonyl (C=S) groups is 1. The maximum atomic E-state index is 13.3. The van der Waals surface area contributed by atoms with E-state index in [2.05, 4.69) is 24.1 Å². The molecule has 2 amide bonds. The largest absolute Gasteiger partial charge is 0.497 e. The average molecular weight is 440 g/mol. The highest BCUT2D eigenvalue weighted by atomic mass is 32.1. The normalized spacial score (nSPS) is 15.2. The maximum absolute atomic E-state index is 13.3. The lowest BCUT2D eigenvalue weighted by molar-refractivity contribution is -0.122. The van der Waals surface area contributed by atoms with Gasteiger partial charge in [-0.2, -0.15) is 0 Å². The van der Waals surface area contributed by atoms with E-state index in [9.17, 15) is 9.59 Å². The molecule has 7 nitrogen and oxygen atoms in total. The zero-order valence-electron chi connectivity index (χ0n) is 18.0. The molecule has 1 aliphatic heterocycles. The lowest BCUT2D eigenvalue weighted by Gasteiger charge is -2.30. The van der Waals surface area contributed by atoms with E-state index in [1.807, 2.05) is 24.3 Å². The maximum Gasteiger partial charge on any atom is 0.270 e. The van der Waals surface area contributed by atoms with E-state index < -0.39 is 11.8 Å². The van der Waals surface area contributed by atoms with E-state index in [-0.39, 0.29) is 10.7 Å². The Labute approximate surface area is 187 Å². The Balaban J connectivity index is 1.96. The summed E-state index contributed by atoms with van der Waals surface area (Å²) >= 11 is 5.28. The van der Waals surface area contributed by atoms with Crippen LogP contribution in [0.1, 0.15) is 19.4 Å². The minimum atomic E-state index is -0.536. The summed E-state index contributed by atoms with van der Waals surface area (Å²) in [7, 11) is 3.03. The van der Waals surface area contributed by atoms with Crippen LogP contribution >= 0.6 is 12.2 Å². The molecule has 2 aromatic carbocycles. The van der Waals surface area contributed by atoms with E-state index in [0.29, 0.717) is 17.2 Å². The fourth-order valence-corrected chi connectivity index (χ4v) is 3.66. The van der Waals surface area contributed by atoms with Crippen molar-refractivity contribution < 1.29 is 19.1 Å². The van der Waals surface area contributed by atoms with Crippen molar-refractivity contribution in [2.75, 3.05) is 37.1 Å². The molecule has 0 bridgehead atoms. The highest BCUT2D eigenvalue weighted by molar-refractivity contribution is 7.80. The number of carbonyl (C=O) groups is 2. The SMILES string of the molecule is CCN(CC)c1ccc(/C=C2/C(=O)NC(=S)N(c3ccc(OC)cc3OC)C2=O)cc1.